The van der Waals surface area contributed by atoms with Crippen LogP contribution in [0, 0.1) is 0 Å². The lowest BCUT2D eigenvalue weighted by Gasteiger charge is -2.20. The molecule has 0 spiro atoms. The van der Waals surface area contributed by atoms with Crippen LogP contribution in [0.25, 0.3) is 0 Å². The summed E-state index contributed by atoms with van der Waals surface area (Å²) in [6, 6.07) is 6.76. The molecule has 2 rings (SSSR count). The topological polar surface area (TPSA) is 12.0 Å². The fourth-order valence-electron chi connectivity index (χ4n) is 2.48. The number of benzene rings is 1. The van der Waals surface area contributed by atoms with Gasteiger partial charge in [0, 0.05) is 27.3 Å². The summed E-state index contributed by atoms with van der Waals surface area (Å²) in [7, 11) is 0. The summed E-state index contributed by atoms with van der Waals surface area (Å²) < 4.78 is 1.04. The second kappa shape index (κ2) is 7.18. The molecule has 0 aliphatic heterocycles. The van der Waals surface area contributed by atoms with E-state index in [9.17, 15) is 0 Å². The van der Waals surface area contributed by atoms with E-state index in [1.165, 1.54) is 30.6 Å². The zero-order chi connectivity index (χ0) is 13.0. The first kappa shape index (κ1) is 14.7. The molecule has 18 heavy (non-hydrogen) atoms. The molecule has 1 fully saturated rings. The normalized spacial score (nSPS) is 23.5. The standard InChI is InChI=1S/C14H19BrClNS/c1-2-18-14-5-3-4-13(14)17-9-10-6-7-11(15)8-12(10)16/h6-8,13-14,17H,2-5,9H2,1H3. The van der Waals surface area contributed by atoms with Crippen molar-refractivity contribution in [3.05, 3.63) is 33.3 Å². The Morgan fingerprint density at radius 1 is 1.44 bits per heavy atom. The molecule has 1 aliphatic carbocycles. The highest BCUT2D eigenvalue weighted by Gasteiger charge is 2.26. The number of hydrogen-bond donors (Lipinski definition) is 1. The van der Waals surface area contributed by atoms with Gasteiger partial charge in [0.25, 0.3) is 0 Å². The Morgan fingerprint density at radius 3 is 3.00 bits per heavy atom. The molecule has 4 heteroatoms. The predicted molar refractivity (Wildman–Crippen MR) is 85.6 cm³/mol. The zero-order valence-electron chi connectivity index (χ0n) is 10.6. The Hall–Kier alpha value is 0.300. The molecule has 0 aromatic heterocycles. The van der Waals surface area contributed by atoms with Gasteiger partial charge in [-0.25, -0.2) is 0 Å². The number of thioether (sulfide) groups is 1. The molecule has 0 bridgehead atoms. The monoisotopic (exact) mass is 347 g/mol. The van der Waals surface area contributed by atoms with Crippen molar-refractivity contribution in [3.8, 4) is 0 Å². The average molecular weight is 349 g/mol. The van der Waals surface area contributed by atoms with Gasteiger partial charge in [0.15, 0.2) is 0 Å². The second-order valence-electron chi connectivity index (χ2n) is 4.65. The van der Waals surface area contributed by atoms with Crippen molar-refractivity contribution in [1.82, 2.24) is 5.32 Å². The van der Waals surface area contributed by atoms with Crippen LogP contribution in [0.1, 0.15) is 31.7 Å². The van der Waals surface area contributed by atoms with Crippen LogP contribution in [0.4, 0.5) is 0 Å². The molecule has 1 aliphatic rings. The molecule has 1 aromatic rings. The first-order chi connectivity index (χ1) is 8.70. The summed E-state index contributed by atoms with van der Waals surface area (Å²) in [5, 5.41) is 5.30. The van der Waals surface area contributed by atoms with Crippen LogP contribution in [-0.2, 0) is 6.54 Å². The van der Waals surface area contributed by atoms with Crippen LogP contribution in [0.5, 0.6) is 0 Å². The molecule has 100 valence electrons. The van der Waals surface area contributed by atoms with Crippen LogP contribution in [0.3, 0.4) is 0 Å². The second-order valence-corrected chi connectivity index (χ2v) is 7.49. The summed E-state index contributed by atoms with van der Waals surface area (Å²) in [5.74, 6) is 1.21. The Bertz CT molecular complexity index is 399. The van der Waals surface area contributed by atoms with Gasteiger partial charge in [0.1, 0.15) is 0 Å². The summed E-state index contributed by atoms with van der Waals surface area (Å²) >= 11 is 11.8. The summed E-state index contributed by atoms with van der Waals surface area (Å²) in [4.78, 5) is 0. The van der Waals surface area contributed by atoms with E-state index in [0.717, 1.165) is 21.3 Å². The van der Waals surface area contributed by atoms with Crippen LogP contribution in [0.15, 0.2) is 22.7 Å². The smallest absolute Gasteiger partial charge is 0.0462 e. The van der Waals surface area contributed by atoms with Crippen molar-refractivity contribution >= 4 is 39.3 Å². The molecule has 2 atom stereocenters. The maximum Gasteiger partial charge on any atom is 0.0462 e. The molecule has 1 aromatic carbocycles. The van der Waals surface area contributed by atoms with E-state index in [4.69, 9.17) is 11.6 Å². The van der Waals surface area contributed by atoms with Crippen molar-refractivity contribution < 1.29 is 0 Å². The first-order valence-electron chi connectivity index (χ1n) is 6.49. The fourth-order valence-corrected chi connectivity index (χ4v) is 4.45. The molecule has 2 unspecified atom stereocenters. The van der Waals surface area contributed by atoms with Gasteiger partial charge in [-0.2, -0.15) is 11.8 Å². The summed E-state index contributed by atoms with van der Waals surface area (Å²) in [6.45, 7) is 3.11. The van der Waals surface area contributed by atoms with Crippen molar-refractivity contribution in [2.45, 2.75) is 44.0 Å². The van der Waals surface area contributed by atoms with Gasteiger partial charge in [-0.05, 0) is 36.3 Å². The average Bonchev–Trinajstić information content (AvgIpc) is 2.76. The van der Waals surface area contributed by atoms with Gasteiger partial charge < -0.3 is 5.32 Å². The van der Waals surface area contributed by atoms with E-state index in [1.54, 1.807) is 0 Å². The Balaban J connectivity index is 1.90. The van der Waals surface area contributed by atoms with E-state index in [2.05, 4.69) is 52.1 Å². The lowest BCUT2D eigenvalue weighted by molar-refractivity contribution is 0.532. The van der Waals surface area contributed by atoms with Crippen molar-refractivity contribution in [1.29, 1.82) is 0 Å². The molecule has 0 amide bonds. The van der Waals surface area contributed by atoms with Crippen molar-refractivity contribution in [3.63, 3.8) is 0 Å². The number of rotatable bonds is 5. The van der Waals surface area contributed by atoms with Gasteiger partial charge in [-0.15, -0.1) is 0 Å². The molecule has 1 N–H and O–H groups in total. The Kier molecular flexibility index (Phi) is 5.87. The van der Waals surface area contributed by atoms with Gasteiger partial charge in [0.05, 0.1) is 0 Å². The molecule has 1 saturated carbocycles. The van der Waals surface area contributed by atoms with Gasteiger partial charge >= 0.3 is 0 Å². The fraction of sp³-hybridized carbons (Fsp3) is 0.571. The SMILES string of the molecule is CCSC1CCCC1NCc1ccc(Br)cc1Cl. The minimum atomic E-state index is 0.648. The zero-order valence-corrected chi connectivity index (χ0v) is 13.7. The highest BCUT2D eigenvalue weighted by molar-refractivity contribution is 9.10. The largest absolute Gasteiger partial charge is 0.309 e. The molecule has 0 radical (unpaired) electrons. The predicted octanol–water partition coefficient (Wildman–Crippen LogP) is 4.87. The lowest BCUT2D eigenvalue weighted by Crippen LogP contribution is -2.33. The Labute approximate surface area is 127 Å². The van der Waals surface area contributed by atoms with Crippen LogP contribution in [0.2, 0.25) is 5.02 Å². The van der Waals surface area contributed by atoms with Crippen molar-refractivity contribution in [2.75, 3.05) is 5.75 Å². The molecular formula is C14H19BrClNS. The van der Waals surface area contributed by atoms with Crippen LogP contribution in [-0.4, -0.2) is 17.0 Å². The summed E-state index contributed by atoms with van der Waals surface area (Å²) in [5.41, 5.74) is 1.19. The van der Waals surface area contributed by atoms with E-state index < -0.39 is 0 Å². The van der Waals surface area contributed by atoms with Gasteiger partial charge in [-0.1, -0.05) is 46.9 Å². The summed E-state index contributed by atoms with van der Waals surface area (Å²) in [6.07, 6.45) is 4.00. The third-order valence-corrected chi connectivity index (χ3v) is 5.57. The number of nitrogens with one attached hydrogen (secondary N) is 1. The van der Waals surface area contributed by atoms with E-state index in [1.807, 2.05) is 6.07 Å². The highest BCUT2D eigenvalue weighted by Crippen LogP contribution is 2.30. The number of hydrogen-bond acceptors (Lipinski definition) is 2. The quantitative estimate of drug-likeness (QED) is 0.815. The van der Waals surface area contributed by atoms with E-state index in [0.29, 0.717) is 6.04 Å². The minimum absolute atomic E-state index is 0.648. The first-order valence-corrected chi connectivity index (χ1v) is 8.71. The minimum Gasteiger partial charge on any atom is -0.309 e. The Morgan fingerprint density at radius 2 is 2.28 bits per heavy atom. The van der Waals surface area contributed by atoms with Gasteiger partial charge in [-0.3, -0.25) is 0 Å². The highest BCUT2D eigenvalue weighted by atomic mass is 79.9. The van der Waals surface area contributed by atoms with Gasteiger partial charge in [0.2, 0.25) is 0 Å². The third-order valence-electron chi connectivity index (χ3n) is 3.40. The van der Waals surface area contributed by atoms with E-state index in [-0.39, 0.29) is 0 Å². The van der Waals surface area contributed by atoms with Crippen LogP contribution >= 0.6 is 39.3 Å². The van der Waals surface area contributed by atoms with E-state index >= 15 is 0 Å². The maximum absolute atomic E-state index is 6.24. The van der Waals surface area contributed by atoms with Crippen molar-refractivity contribution in [2.24, 2.45) is 0 Å². The molecular weight excluding hydrogens is 330 g/mol. The van der Waals surface area contributed by atoms with Crippen LogP contribution < -0.4 is 5.32 Å². The molecule has 0 heterocycles. The molecule has 0 saturated heterocycles. The third kappa shape index (κ3) is 3.89. The maximum atomic E-state index is 6.24. The lowest BCUT2D eigenvalue weighted by atomic mass is 10.2. The molecule has 1 nitrogen and oxygen atoms in total. The number of halogens is 2.